The van der Waals surface area contributed by atoms with Crippen LogP contribution in [0.25, 0.3) is 0 Å². The van der Waals surface area contributed by atoms with Crippen LogP contribution >= 0.6 is 0 Å². The van der Waals surface area contributed by atoms with E-state index in [4.69, 9.17) is 0 Å². The fraction of sp³-hybridized carbons (Fsp3) is 0.576. The zero-order valence-electron chi connectivity index (χ0n) is 22.9. The van der Waals surface area contributed by atoms with Crippen molar-refractivity contribution in [2.75, 3.05) is 6.54 Å². The van der Waals surface area contributed by atoms with Gasteiger partial charge in [0, 0.05) is 18.9 Å². The van der Waals surface area contributed by atoms with Crippen molar-refractivity contribution in [3.8, 4) is 0 Å². The Morgan fingerprint density at radius 2 is 1.19 bits per heavy atom. The molecule has 3 nitrogen and oxygen atoms in total. The van der Waals surface area contributed by atoms with Crippen molar-refractivity contribution in [2.45, 2.75) is 90.9 Å². The number of amides is 1. The summed E-state index contributed by atoms with van der Waals surface area (Å²) in [6.45, 7) is 9.33. The molecule has 0 saturated heterocycles. The van der Waals surface area contributed by atoms with Gasteiger partial charge in [-0.3, -0.25) is 9.59 Å². The van der Waals surface area contributed by atoms with Crippen LogP contribution in [-0.4, -0.2) is 18.2 Å². The van der Waals surface area contributed by atoms with E-state index in [1.807, 2.05) is 36.4 Å². The van der Waals surface area contributed by atoms with Crippen molar-refractivity contribution in [3.05, 3.63) is 71.8 Å². The van der Waals surface area contributed by atoms with Gasteiger partial charge in [0.05, 0.1) is 5.92 Å². The Balaban J connectivity index is 1.34. The minimum Gasteiger partial charge on any atom is -0.356 e. The van der Waals surface area contributed by atoms with Crippen molar-refractivity contribution >= 4 is 11.7 Å². The molecule has 36 heavy (non-hydrogen) atoms. The molecule has 1 aliphatic carbocycles. The number of rotatable bonds is 13. The van der Waals surface area contributed by atoms with Gasteiger partial charge in [0.15, 0.2) is 0 Å². The highest BCUT2D eigenvalue weighted by atomic mass is 16.2. The third kappa shape index (κ3) is 8.32. The molecule has 0 radical (unpaired) electrons. The van der Waals surface area contributed by atoms with Gasteiger partial charge in [0.2, 0.25) is 5.91 Å². The lowest BCUT2D eigenvalue weighted by molar-refractivity contribution is -0.123. The molecule has 1 aliphatic rings. The first kappa shape index (κ1) is 28.2. The zero-order chi connectivity index (χ0) is 25.9. The van der Waals surface area contributed by atoms with E-state index in [1.54, 1.807) is 0 Å². The lowest BCUT2D eigenvalue weighted by atomic mass is 9.77. The number of nitrogens with one attached hydrogen (secondary N) is 1. The number of Topliss-reactive ketones (excluding diaryl/α,β-unsaturated/α-hetero) is 1. The molecule has 0 spiro atoms. The van der Waals surface area contributed by atoms with E-state index in [-0.39, 0.29) is 23.7 Å². The van der Waals surface area contributed by atoms with E-state index in [0.717, 1.165) is 36.4 Å². The van der Waals surface area contributed by atoms with E-state index in [9.17, 15) is 9.59 Å². The Morgan fingerprint density at radius 3 is 1.69 bits per heavy atom. The van der Waals surface area contributed by atoms with E-state index < -0.39 is 0 Å². The molecule has 2 unspecified atom stereocenters. The maximum absolute atomic E-state index is 13.0. The summed E-state index contributed by atoms with van der Waals surface area (Å²) >= 11 is 0. The maximum atomic E-state index is 13.0. The predicted molar refractivity (Wildman–Crippen MR) is 150 cm³/mol. The first-order valence-electron chi connectivity index (χ1n) is 14.3. The fourth-order valence-corrected chi connectivity index (χ4v) is 6.14. The van der Waals surface area contributed by atoms with Crippen LogP contribution in [0.1, 0.15) is 102 Å². The number of carbonyl (C=O) groups excluding carboxylic acids is 2. The van der Waals surface area contributed by atoms with Crippen LogP contribution < -0.4 is 5.32 Å². The van der Waals surface area contributed by atoms with Crippen LogP contribution in [0.4, 0.5) is 0 Å². The molecule has 3 heteroatoms. The predicted octanol–water partition coefficient (Wildman–Crippen LogP) is 7.92. The lowest BCUT2D eigenvalue weighted by Crippen LogP contribution is -2.33. The average Bonchev–Trinajstić information content (AvgIpc) is 2.86. The van der Waals surface area contributed by atoms with Gasteiger partial charge >= 0.3 is 0 Å². The van der Waals surface area contributed by atoms with E-state index in [1.165, 1.54) is 32.1 Å². The van der Waals surface area contributed by atoms with E-state index >= 15 is 0 Å². The van der Waals surface area contributed by atoms with Crippen LogP contribution in [0, 0.1) is 23.7 Å². The SMILES string of the molecule is CC(C)C(C(=O)CCCC1CCC(CCNC(=O)C(c2ccccc2)C(C)C)CC1)c1ccccc1. The second-order valence-corrected chi connectivity index (χ2v) is 11.6. The molecule has 2 aromatic carbocycles. The van der Waals surface area contributed by atoms with Gasteiger partial charge in [0.1, 0.15) is 5.78 Å². The van der Waals surface area contributed by atoms with Crippen molar-refractivity contribution < 1.29 is 9.59 Å². The molecule has 2 aromatic rings. The number of hydrogen-bond donors (Lipinski definition) is 1. The second-order valence-electron chi connectivity index (χ2n) is 11.6. The van der Waals surface area contributed by atoms with Gasteiger partial charge in [-0.25, -0.2) is 0 Å². The summed E-state index contributed by atoms with van der Waals surface area (Å²) in [4.78, 5) is 25.9. The third-order valence-corrected chi connectivity index (χ3v) is 8.13. The Bertz CT molecular complexity index is 836. The Morgan fingerprint density at radius 1 is 0.722 bits per heavy atom. The molecule has 1 saturated carbocycles. The average molecular weight is 490 g/mol. The van der Waals surface area contributed by atoms with Gasteiger partial charge in [-0.05, 0) is 47.6 Å². The standard InChI is InChI=1S/C33H47NO2/c1-24(2)31(28-13-7-5-8-14-28)30(35)17-11-12-26-18-20-27(21-19-26)22-23-34-33(36)32(25(3)4)29-15-9-6-10-16-29/h5-10,13-16,24-27,31-32H,11-12,17-23H2,1-4H3,(H,34,36). The molecular weight excluding hydrogens is 442 g/mol. The highest BCUT2D eigenvalue weighted by molar-refractivity contribution is 5.86. The smallest absolute Gasteiger partial charge is 0.227 e. The summed E-state index contributed by atoms with van der Waals surface area (Å²) in [7, 11) is 0. The van der Waals surface area contributed by atoms with Gasteiger partial charge in [-0.2, -0.15) is 0 Å². The number of ketones is 1. The van der Waals surface area contributed by atoms with E-state index in [0.29, 0.717) is 24.0 Å². The molecule has 3 rings (SSSR count). The minimum atomic E-state index is -0.0816. The van der Waals surface area contributed by atoms with Crippen molar-refractivity contribution in [3.63, 3.8) is 0 Å². The molecule has 0 aromatic heterocycles. The molecule has 196 valence electrons. The highest BCUT2D eigenvalue weighted by Crippen LogP contribution is 2.34. The molecule has 1 amide bonds. The summed E-state index contributed by atoms with van der Waals surface area (Å²) < 4.78 is 0. The second kappa shape index (κ2) is 14.4. The van der Waals surface area contributed by atoms with E-state index in [2.05, 4.69) is 57.3 Å². The van der Waals surface area contributed by atoms with Crippen LogP contribution in [-0.2, 0) is 9.59 Å². The van der Waals surface area contributed by atoms with Crippen LogP contribution in [0.3, 0.4) is 0 Å². The van der Waals surface area contributed by atoms with Crippen LogP contribution in [0.2, 0.25) is 0 Å². The third-order valence-electron chi connectivity index (χ3n) is 8.13. The lowest BCUT2D eigenvalue weighted by Gasteiger charge is -2.29. The molecule has 1 fully saturated rings. The van der Waals surface area contributed by atoms with Gasteiger partial charge in [-0.15, -0.1) is 0 Å². The highest BCUT2D eigenvalue weighted by Gasteiger charge is 2.26. The summed E-state index contributed by atoms with van der Waals surface area (Å²) in [5, 5.41) is 3.22. The normalized spacial score (nSPS) is 19.7. The largest absolute Gasteiger partial charge is 0.356 e. The maximum Gasteiger partial charge on any atom is 0.227 e. The number of hydrogen-bond acceptors (Lipinski definition) is 2. The Hall–Kier alpha value is -2.42. The Kier molecular flexibility index (Phi) is 11.2. The Labute approximate surface area is 219 Å². The number of carbonyl (C=O) groups is 2. The molecule has 1 N–H and O–H groups in total. The quantitative estimate of drug-likeness (QED) is 0.311. The van der Waals surface area contributed by atoms with Gasteiger partial charge < -0.3 is 5.32 Å². The van der Waals surface area contributed by atoms with Crippen molar-refractivity contribution in [1.82, 2.24) is 5.32 Å². The van der Waals surface area contributed by atoms with Crippen molar-refractivity contribution in [1.29, 1.82) is 0 Å². The van der Waals surface area contributed by atoms with Crippen molar-refractivity contribution in [2.24, 2.45) is 23.7 Å². The van der Waals surface area contributed by atoms with Gasteiger partial charge in [-0.1, -0.05) is 120 Å². The van der Waals surface area contributed by atoms with Crippen LogP contribution in [0.5, 0.6) is 0 Å². The molecule has 0 bridgehead atoms. The molecule has 0 heterocycles. The minimum absolute atomic E-state index is 0.0225. The molecule has 2 atom stereocenters. The number of benzene rings is 2. The first-order chi connectivity index (χ1) is 17.4. The first-order valence-corrected chi connectivity index (χ1v) is 14.3. The summed E-state index contributed by atoms with van der Waals surface area (Å²) in [6.07, 6.45) is 8.97. The summed E-state index contributed by atoms with van der Waals surface area (Å²) in [6, 6.07) is 20.4. The summed E-state index contributed by atoms with van der Waals surface area (Å²) in [5.74, 6) is 2.57. The molecular formula is C33H47NO2. The zero-order valence-corrected chi connectivity index (χ0v) is 22.9. The van der Waals surface area contributed by atoms with Crippen LogP contribution in [0.15, 0.2) is 60.7 Å². The molecule has 0 aliphatic heterocycles. The topological polar surface area (TPSA) is 46.2 Å². The summed E-state index contributed by atoms with van der Waals surface area (Å²) in [5.41, 5.74) is 2.26. The van der Waals surface area contributed by atoms with Gasteiger partial charge in [0.25, 0.3) is 0 Å². The fourth-order valence-electron chi connectivity index (χ4n) is 6.14. The monoisotopic (exact) mass is 489 g/mol.